The van der Waals surface area contributed by atoms with Gasteiger partial charge in [0.05, 0.1) is 6.10 Å². The van der Waals surface area contributed by atoms with Crippen molar-refractivity contribution in [3.05, 3.63) is 5.89 Å². The molecule has 122 valence electrons. The number of aliphatic hydroxyl groups excluding tert-OH is 1. The van der Waals surface area contributed by atoms with Gasteiger partial charge in [-0.1, -0.05) is 0 Å². The molecule has 8 heteroatoms. The summed E-state index contributed by atoms with van der Waals surface area (Å²) in [5.41, 5.74) is 0. The van der Waals surface area contributed by atoms with E-state index in [1.54, 1.807) is 6.92 Å². The molecule has 3 rings (SSSR count). The highest BCUT2D eigenvalue weighted by atomic mass is 16.5. The number of aromatic nitrogens is 2. The largest absolute Gasteiger partial charge is 0.391 e. The van der Waals surface area contributed by atoms with Gasteiger partial charge in [-0.05, 0) is 12.2 Å². The maximum absolute atomic E-state index is 12.4. The second kappa shape index (κ2) is 6.21. The molecule has 1 amide bonds. The number of anilines is 1. The summed E-state index contributed by atoms with van der Waals surface area (Å²) in [6.07, 6.45) is 0.0323. The van der Waals surface area contributed by atoms with E-state index < -0.39 is 6.10 Å². The minimum absolute atomic E-state index is 0.0513. The van der Waals surface area contributed by atoms with Gasteiger partial charge >= 0.3 is 0 Å². The highest BCUT2D eigenvalue weighted by Gasteiger charge is 2.33. The number of rotatable bonds is 3. The molecule has 0 aromatic carbocycles. The van der Waals surface area contributed by atoms with Crippen molar-refractivity contribution in [2.24, 2.45) is 5.92 Å². The fourth-order valence-corrected chi connectivity index (χ4v) is 3.19. The average Bonchev–Trinajstić information content (AvgIpc) is 3.05. The van der Waals surface area contributed by atoms with Crippen LogP contribution in [0.5, 0.6) is 0 Å². The van der Waals surface area contributed by atoms with Crippen LogP contribution < -0.4 is 4.90 Å². The third kappa shape index (κ3) is 3.22. The van der Waals surface area contributed by atoms with E-state index in [-0.39, 0.29) is 11.8 Å². The van der Waals surface area contributed by atoms with Gasteiger partial charge in [0.15, 0.2) is 0 Å². The van der Waals surface area contributed by atoms with Crippen LogP contribution in [-0.4, -0.2) is 83.4 Å². The quantitative estimate of drug-likeness (QED) is 0.793. The van der Waals surface area contributed by atoms with Crippen LogP contribution in [0.3, 0.4) is 0 Å². The lowest BCUT2D eigenvalue weighted by Crippen LogP contribution is -2.49. The Balaban J connectivity index is 1.49. The number of hydrogen-bond donors (Lipinski definition) is 1. The minimum atomic E-state index is -0.391. The Morgan fingerprint density at radius 3 is 2.59 bits per heavy atom. The zero-order chi connectivity index (χ0) is 15.7. The van der Waals surface area contributed by atoms with Gasteiger partial charge in [-0.2, -0.15) is 4.98 Å². The molecule has 1 N–H and O–H groups in total. The first kappa shape index (κ1) is 15.2. The van der Waals surface area contributed by atoms with E-state index in [1.807, 2.05) is 16.8 Å². The molecule has 2 atom stereocenters. The zero-order valence-electron chi connectivity index (χ0n) is 13.1. The average molecular weight is 309 g/mol. The molecule has 1 aromatic rings. The van der Waals surface area contributed by atoms with E-state index in [0.29, 0.717) is 51.0 Å². The van der Waals surface area contributed by atoms with Crippen LogP contribution in [-0.2, 0) is 4.79 Å². The summed E-state index contributed by atoms with van der Waals surface area (Å²) in [5, 5.41) is 13.9. The number of likely N-dealkylation sites (tertiary alicyclic amines) is 1. The smallest absolute Gasteiger partial charge is 0.266 e. The summed E-state index contributed by atoms with van der Waals surface area (Å²) in [5.74, 6) is 1.32. The fraction of sp³-hybridized carbons (Fsp3) is 0.786. The molecule has 2 saturated heterocycles. The lowest BCUT2D eigenvalue weighted by molar-refractivity contribution is -0.133. The molecule has 0 aliphatic carbocycles. The minimum Gasteiger partial charge on any atom is -0.391 e. The number of carbonyl (C=O) groups is 1. The van der Waals surface area contributed by atoms with Gasteiger partial charge in [0.25, 0.3) is 5.95 Å². The maximum atomic E-state index is 12.4. The molecule has 2 aliphatic rings. The topological polar surface area (TPSA) is 85.9 Å². The lowest BCUT2D eigenvalue weighted by Gasteiger charge is -2.34. The van der Waals surface area contributed by atoms with Crippen LogP contribution in [0, 0.1) is 12.8 Å². The molecule has 0 saturated carbocycles. The molecule has 1 aromatic heterocycles. The van der Waals surface area contributed by atoms with Crippen molar-refractivity contribution in [3.63, 3.8) is 0 Å². The Hall–Kier alpha value is -1.67. The summed E-state index contributed by atoms with van der Waals surface area (Å²) in [4.78, 5) is 22.6. The third-order valence-electron chi connectivity index (χ3n) is 4.46. The van der Waals surface area contributed by atoms with Gasteiger partial charge in [-0.15, -0.1) is 0 Å². The summed E-state index contributed by atoms with van der Waals surface area (Å²) in [6.45, 7) is 5.93. The van der Waals surface area contributed by atoms with Crippen LogP contribution in [0.25, 0.3) is 0 Å². The van der Waals surface area contributed by atoms with Gasteiger partial charge in [0, 0.05) is 58.5 Å². The van der Waals surface area contributed by atoms with E-state index in [4.69, 9.17) is 4.52 Å². The van der Waals surface area contributed by atoms with E-state index in [2.05, 4.69) is 15.0 Å². The molecular weight excluding hydrogens is 286 g/mol. The van der Waals surface area contributed by atoms with E-state index in [9.17, 15) is 9.90 Å². The lowest BCUT2D eigenvalue weighted by atomic mass is 10.0. The number of carbonyl (C=O) groups excluding carboxylic acids is 1. The Kier molecular flexibility index (Phi) is 4.30. The standard InChI is InChI=1S/C14H23N5O3/c1-10-15-14(16-22-10)19-5-3-18(4-6-19)13(21)7-11-8-17(2)9-12(11)20/h11-12,20H,3-9H2,1-2H3/t11-,12-/m1/s1. The molecule has 0 unspecified atom stereocenters. The van der Waals surface area contributed by atoms with Crippen molar-refractivity contribution < 1.29 is 14.4 Å². The highest BCUT2D eigenvalue weighted by Crippen LogP contribution is 2.21. The molecule has 0 bridgehead atoms. The summed E-state index contributed by atoms with van der Waals surface area (Å²) < 4.78 is 4.99. The first-order valence-electron chi connectivity index (χ1n) is 7.72. The first-order valence-corrected chi connectivity index (χ1v) is 7.72. The van der Waals surface area contributed by atoms with E-state index in [1.165, 1.54) is 0 Å². The monoisotopic (exact) mass is 309 g/mol. The van der Waals surface area contributed by atoms with Crippen molar-refractivity contribution in [3.8, 4) is 0 Å². The number of β-amino-alcohol motifs (C(OH)–C–C–N with tert-alkyl or cyclic N) is 1. The highest BCUT2D eigenvalue weighted by molar-refractivity contribution is 5.77. The molecular formula is C14H23N5O3. The predicted octanol–water partition coefficient (Wildman–Crippen LogP) is -0.661. The Labute approximate surface area is 129 Å². The van der Waals surface area contributed by atoms with Crippen molar-refractivity contribution in [1.82, 2.24) is 19.9 Å². The third-order valence-corrected chi connectivity index (χ3v) is 4.46. The van der Waals surface area contributed by atoms with Crippen LogP contribution in [0.1, 0.15) is 12.3 Å². The molecule has 3 heterocycles. The number of likely N-dealkylation sites (N-methyl/N-ethyl adjacent to an activating group) is 1. The fourth-order valence-electron chi connectivity index (χ4n) is 3.19. The number of aliphatic hydroxyl groups is 1. The van der Waals surface area contributed by atoms with Crippen molar-refractivity contribution in [2.75, 3.05) is 51.2 Å². The molecule has 0 spiro atoms. The first-order chi connectivity index (χ1) is 10.5. The molecule has 2 fully saturated rings. The molecule has 8 nitrogen and oxygen atoms in total. The number of amides is 1. The van der Waals surface area contributed by atoms with Crippen LogP contribution in [0.2, 0.25) is 0 Å². The number of hydrogen-bond acceptors (Lipinski definition) is 7. The Bertz CT molecular complexity index is 526. The summed E-state index contributed by atoms with van der Waals surface area (Å²) >= 11 is 0. The van der Waals surface area contributed by atoms with E-state index >= 15 is 0 Å². The summed E-state index contributed by atoms with van der Waals surface area (Å²) in [6, 6.07) is 0. The summed E-state index contributed by atoms with van der Waals surface area (Å²) in [7, 11) is 1.97. The van der Waals surface area contributed by atoms with Crippen molar-refractivity contribution in [2.45, 2.75) is 19.4 Å². The molecule has 22 heavy (non-hydrogen) atoms. The maximum Gasteiger partial charge on any atom is 0.266 e. The van der Waals surface area contributed by atoms with Gasteiger partial charge in [0.1, 0.15) is 0 Å². The van der Waals surface area contributed by atoms with Crippen molar-refractivity contribution in [1.29, 1.82) is 0 Å². The zero-order valence-corrected chi connectivity index (χ0v) is 13.1. The predicted molar refractivity (Wildman–Crippen MR) is 79.4 cm³/mol. The second-order valence-corrected chi connectivity index (χ2v) is 6.23. The van der Waals surface area contributed by atoms with Crippen molar-refractivity contribution >= 4 is 11.9 Å². The van der Waals surface area contributed by atoms with Gasteiger partial charge in [0.2, 0.25) is 11.8 Å². The molecule has 2 aliphatic heterocycles. The normalized spacial score (nSPS) is 26.7. The Morgan fingerprint density at radius 1 is 1.32 bits per heavy atom. The van der Waals surface area contributed by atoms with E-state index in [0.717, 1.165) is 6.54 Å². The van der Waals surface area contributed by atoms with Gasteiger partial charge in [-0.3, -0.25) is 4.79 Å². The van der Waals surface area contributed by atoms with Crippen LogP contribution >= 0.6 is 0 Å². The van der Waals surface area contributed by atoms with Gasteiger partial charge in [-0.25, -0.2) is 0 Å². The number of nitrogens with zero attached hydrogens (tertiary/aromatic N) is 5. The number of piperazine rings is 1. The Morgan fingerprint density at radius 2 is 2.05 bits per heavy atom. The van der Waals surface area contributed by atoms with Crippen LogP contribution in [0.4, 0.5) is 5.95 Å². The van der Waals surface area contributed by atoms with Crippen LogP contribution in [0.15, 0.2) is 4.52 Å². The SMILES string of the molecule is Cc1nc(N2CCN(C(=O)C[C@@H]3CN(C)C[C@H]3O)CC2)no1. The molecule has 0 radical (unpaired) electrons. The second-order valence-electron chi connectivity index (χ2n) is 6.23. The van der Waals surface area contributed by atoms with Gasteiger partial charge < -0.3 is 24.3 Å². The number of aryl methyl sites for hydroxylation is 1.